The summed E-state index contributed by atoms with van der Waals surface area (Å²) < 4.78 is 0. The van der Waals surface area contributed by atoms with Gasteiger partial charge in [0.25, 0.3) is 0 Å². The normalized spacial score (nSPS) is 14.3. The zero-order valence-corrected chi connectivity index (χ0v) is 15.9. The summed E-state index contributed by atoms with van der Waals surface area (Å²) in [6.45, 7) is 7.13. The predicted octanol–water partition coefficient (Wildman–Crippen LogP) is 7.48. The summed E-state index contributed by atoms with van der Waals surface area (Å²) in [4.78, 5) is 0. The minimum atomic E-state index is 0.125. The Bertz CT molecular complexity index is 1510. The Morgan fingerprint density at radius 1 is 0.593 bits per heavy atom. The van der Waals surface area contributed by atoms with Crippen LogP contribution in [-0.2, 0) is 11.8 Å². The Kier molecular flexibility index (Phi) is 2.20. The topological polar surface area (TPSA) is 0 Å². The van der Waals surface area contributed by atoms with E-state index in [1.54, 1.807) is 16.5 Å². The fraction of sp³-hybridized carbons (Fsp3) is 0.185. The summed E-state index contributed by atoms with van der Waals surface area (Å²) in [7, 11) is 0. The summed E-state index contributed by atoms with van der Waals surface area (Å²) in [5.74, 6) is 0. The molecule has 0 heteroatoms. The average molecular weight is 344 g/mol. The quantitative estimate of drug-likeness (QED) is 0.250. The number of fused-ring (bicyclic) bond motifs is 2. The van der Waals surface area contributed by atoms with Crippen molar-refractivity contribution >= 4 is 43.1 Å². The first kappa shape index (κ1) is 14.2. The van der Waals surface area contributed by atoms with E-state index in [9.17, 15) is 0 Å². The van der Waals surface area contributed by atoms with Gasteiger partial charge < -0.3 is 0 Å². The lowest BCUT2D eigenvalue weighted by molar-refractivity contribution is 0.591. The van der Waals surface area contributed by atoms with E-state index in [-0.39, 0.29) is 5.41 Å². The highest BCUT2D eigenvalue weighted by molar-refractivity contribution is 6.41. The van der Waals surface area contributed by atoms with E-state index in [1.807, 2.05) is 0 Å². The van der Waals surface area contributed by atoms with Crippen molar-refractivity contribution in [3.05, 3.63) is 71.3 Å². The van der Waals surface area contributed by atoms with Crippen molar-refractivity contribution in [2.24, 2.45) is 0 Å². The zero-order valence-electron chi connectivity index (χ0n) is 15.9. The molecule has 2 aliphatic carbocycles. The van der Waals surface area contributed by atoms with Gasteiger partial charge in [-0.05, 0) is 82.7 Å². The molecule has 0 heterocycles. The molecule has 5 aromatic rings. The highest BCUT2D eigenvalue weighted by Gasteiger charge is 2.33. The van der Waals surface area contributed by atoms with E-state index >= 15 is 0 Å². The first-order valence-corrected chi connectivity index (χ1v) is 9.94. The van der Waals surface area contributed by atoms with Gasteiger partial charge in [0.2, 0.25) is 0 Å². The van der Waals surface area contributed by atoms with Crippen LogP contribution in [0.15, 0.2) is 54.6 Å². The van der Waals surface area contributed by atoms with Gasteiger partial charge in [-0.15, -0.1) is 0 Å². The molecule has 0 unspecified atom stereocenters. The van der Waals surface area contributed by atoms with E-state index in [1.165, 1.54) is 54.4 Å². The van der Waals surface area contributed by atoms with Crippen molar-refractivity contribution in [2.45, 2.75) is 32.6 Å². The third kappa shape index (κ3) is 1.43. The second-order valence-corrected chi connectivity index (χ2v) is 9.33. The fourth-order valence-electron chi connectivity index (χ4n) is 6.11. The molecular formula is C27H20. The summed E-state index contributed by atoms with van der Waals surface area (Å²) >= 11 is 0. The zero-order chi connectivity index (χ0) is 18.1. The molecule has 5 aromatic carbocycles. The molecule has 7 rings (SSSR count). The maximum atomic E-state index is 2.38. The molecule has 0 saturated heterocycles. The van der Waals surface area contributed by atoms with Crippen LogP contribution >= 0.6 is 0 Å². The number of hydrogen-bond donors (Lipinski definition) is 0. The lowest BCUT2D eigenvalue weighted by Crippen LogP contribution is -2.15. The van der Waals surface area contributed by atoms with Crippen LogP contribution in [0.1, 0.15) is 37.5 Å². The molecule has 0 spiro atoms. The van der Waals surface area contributed by atoms with Gasteiger partial charge in [0.05, 0.1) is 0 Å². The Morgan fingerprint density at radius 3 is 1.89 bits per heavy atom. The van der Waals surface area contributed by atoms with E-state index < -0.39 is 0 Å². The van der Waals surface area contributed by atoms with E-state index in [0.29, 0.717) is 0 Å². The molecule has 0 nitrogen and oxygen atoms in total. The van der Waals surface area contributed by atoms with Crippen LogP contribution in [0, 0.1) is 0 Å². The molecule has 0 amide bonds. The largest absolute Gasteiger partial charge is 0.0613 e. The molecule has 128 valence electrons. The van der Waals surface area contributed by atoms with Gasteiger partial charge in [-0.25, -0.2) is 0 Å². The SMILES string of the molecule is CC(C)(C)c1c2c3c4c(cccc4c4cccc5c4c3c3c-5cccc13)C2. The number of rotatable bonds is 0. The minimum absolute atomic E-state index is 0.125. The van der Waals surface area contributed by atoms with Crippen LogP contribution in [0.4, 0.5) is 0 Å². The number of benzene rings is 5. The van der Waals surface area contributed by atoms with Crippen molar-refractivity contribution in [1.29, 1.82) is 0 Å². The first-order valence-electron chi connectivity index (χ1n) is 9.94. The summed E-state index contributed by atoms with van der Waals surface area (Å²) in [5.41, 5.74) is 7.60. The highest BCUT2D eigenvalue weighted by Crippen LogP contribution is 2.56. The first-order chi connectivity index (χ1) is 13.1. The van der Waals surface area contributed by atoms with E-state index in [4.69, 9.17) is 0 Å². The van der Waals surface area contributed by atoms with Gasteiger partial charge in [-0.2, -0.15) is 0 Å². The minimum Gasteiger partial charge on any atom is -0.0613 e. The fourth-order valence-corrected chi connectivity index (χ4v) is 6.11. The summed E-state index contributed by atoms with van der Waals surface area (Å²) in [5, 5.41) is 11.9. The summed E-state index contributed by atoms with van der Waals surface area (Å²) in [6, 6.07) is 20.8. The maximum Gasteiger partial charge on any atom is -0.000464 e. The molecule has 0 atom stereocenters. The Labute approximate surface area is 158 Å². The third-order valence-corrected chi connectivity index (χ3v) is 6.85. The van der Waals surface area contributed by atoms with Gasteiger partial charge in [0.1, 0.15) is 0 Å². The maximum absolute atomic E-state index is 2.38. The molecule has 0 aliphatic heterocycles. The summed E-state index contributed by atoms with van der Waals surface area (Å²) in [6.07, 6.45) is 1.07. The van der Waals surface area contributed by atoms with Crippen molar-refractivity contribution < 1.29 is 0 Å². The van der Waals surface area contributed by atoms with Crippen molar-refractivity contribution in [3.8, 4) is 11.1 Å². The van der Waals surface area contributed by atoms with Gasteiger partial charge in [-0.3, -0.25) is 0 Å². The smallest absolute Gasteiger partial charge is 0.000464 e. The van der Waals surface area contributed by atoms with E-state index in [0.717, 1.165) is 6.42 Å². The monoisotopic (exact) mass is 344 g/mol. The van der Waals surface area contributed by atoms with Gasteiger partial charge in [0, 0.05) is 0 Å². The van der Waals surface area contributed by atoms with Crippen LogP contribution in [-0.4, -0.2) is 0 Å². The van der Waals surface area contributed by atoms with Crippen LogP contribution in [0.5, 0.6) is 0 Å². The second-order valence-electron chi connectivity index (χ2n) is 9.33. The van der Waals surface area contributed by atoms with Gasteiger partial charge >= 0.3 is 0 Å². The van der Waals surface area contributed by atoms with Gasteiger partial charge in [0.15, 0.2) is 0 Å². The van der Waals surface area contributed by atoms with Crippen LogP contribution in [0.3, 0.4) is 0 Å². The molecule has 0 fully saturated rings. The lowest BCUT2D eigenvalue weighted by Gasteiger charge is -2.26. The van der Waals surface area contributed by atoms with Crippen molar-refractivity contribution in [3.63, 3.8) is 0 Å². The molecule has 0 bridgehead atoms. The standard InChI is InChI=1S/C27H20/c1-27(2,3)26-19-12-6-11-18-17-10-5-9-16-15-8-4-7-14-13-20(26)24(21(14)15)25(22(16)17)23(18)19/h4-12H,13H2,1-3H3. The molecule has 27 heavy (non-hydrogen) atoms. The Morgan fingerprint density at radius 2 is 1.19 bits per heavy atom. The second kappa shape index (κ2) is 4.17. The average Bonchev–Trinajstić information content (AvgIpc) is 3.18. The lowest BCUT2D eigenvalue weighted by atomic mass is 9.78. The molecule has 0 saturated carbocycles. The van der Waals surface area contributed by atoms with Crippen LogP contribution in [0.25, 0.3) is 54.2 Å². The van der Waals surface area contributed by atoms with Crippen molar-refractivity contribution in [1.82, 2.24) is 0 Å². The van der Waals surface area contributed by atoms with E-state index in [2.05, 4.69) is 75.4 Å². The van der Waals surface area contributed by atoms with Gasteiger partial charge in [-0.1, -0.05) is 75.4 Å². The highest BCUT2D eigenvalue weighted by atomic mass is 14.4. The molecule has 0 radical (unpaired) electrons. The van der Waals surface area contributed by atoms with Crippen molar-refractivity contribution in [2.75, 3.05) is 0 Å². The number of hydrogen-bond acceptors (Lipinski definition) is 0. The Hall–Kier alpha value is -2.86. The molecule has 0 aromatic heterocycles. The third-order valence-electron chi connectivity index (χ3n) is 6.85. The molecule has 2 aliphatic rings. The molecular weight excluding hydrogens is 324 g/mol. The molecule has 0 N–H and O–H groups in total. The van der Waals surface area contributed by atoms with Crippen LogP contribution in [0.2, 0.25) is 0 Å². The van der Waals surface area contributed by atoms with Crippen LogP contribution < -0.4 is 0 Å². The predicted molar refractivity (Wildman–Crippen MR) is 117 cm³/mol. The Balaban J connectivity index is 1.96.